The Kier molecular flexibility index (Phi) is 7.27. The fraction of sp³-hybridized carbons (Fsp3) is 0.400. The molecule has 0 aliphatic heterocycles. The highest BCUT2D eigenvalue weighted by molar-refractivity contribution is 9.10. The number of rotatable bonds is 5. The summed E-state index contributed by atoms with van der Waals surface area (Å²) in [5.41, 5.74) is 6.02. The third kappa shape index (κ3) is 4.93. The molecule has 0 saturated carbocycles. The quantitative estimate of drug-likeness (QED) is 0.801. The second-order valence-corrected chi connectivity index (χ2v) is 6.10. The van der Waals surface area contributed by atoms with Crippen LogP contribution in [0.2, 0.25) is 0 Å². The first-order valence-electron chi connectivity index (χ1n) is 4.93. The zero-order valence-corrected chi connectivity index (χ0v) is 12.7. The second-order valence-electron chi connectivity index (χ2n) is 3.45. The average Bonchev–Trinajstić information content (AvgIpc) is 2.17. The number of nitrogens with two attached hydrogens (primary N) is 1. The van der Waals surface area contributed by atoms with Crippen LogP contribution in [-0.4, -0.2) is 21.5 Å². The largest absolute Gasteiger partial charge is 0.330 e. The van der Waals surface area contributed by atoms with Crippen LogP contribution in [0.5, 0.6) is 0 Å². The minimum Gasteiger partial charge on any atom is -0.330 e. The smallest absolute Gasteiger partial charge is 0.240 e. The lowest BCUT2D eigenvalue weighted by Crippen LogP contribution is -2.26. The number of sulfonamides is 1. The molecule has 0 amide bonds. The fourth-order valence-corrected chi connectivity index (χ4v) is 3.07. The topological polar surface area (TPSA) is 72.2 Å². The zero-order valence-electron chi connectivity index (χ0n) is 9.44. The second kappa shape index (κ2) is 7.33. The Morgan fingerprint density at radius 3 is 2.59 bits per heavy atom. The maximum Gasteiger partial charge on any atom is 0.240 e. The van der Waals surface area contributed by atoms with Gasteiger partial charge in [0.2, 0.25) is 10.0 Å². The first-order valence-corrected chi connectivity index (χ1v) is 7.21. The first kappa shape index (κ1) is 16.9. The molecule has 1 aromatic rings. The van der Waals surface area contributed by atoms with Crippen LogP contribution in [0.25, 0.3) is 0 Å². The van der Waals surface area contributed by atoms with Crippen LogP contribution in [0.1, 0.15) is 12.0 Å². The standard InChI is InChI=1S/C10H15BrN2O2S.ClH/c1-8-7-9(11)3-4-10(8)16(14,15)13-6-2-5-12;/h3-4,7,13H,2,5-6,12H2,1H3;1H. The third-order valence-corrected chi connectivity index (χ3v) is 4.21. The molecule has 1 aromatic carbocycles. The van der Waals surface area contributed by atoms with Crippen LogP contribution < -0.4 is 10.5 Å². The van der Waals surface area contributed by atoms with Crippen molar-refractivity contribution in [3.8, 4) is 0 Å². The molecule has 0 spiro atoms. The maximum atomic E-state index is 11.9. The van der Waals surface area contributed by atoms with Crippen molar-refractivity contribution in [2.24, 2.45) is 5.73 Å². The van der Waals surface area contributed by atoms with Crippen molar-refractivity contribution in [3.05, 3.63) is 28.2 Å². The van der Waals surface area contributed by atoms with Crippen LogP contribution in [0.15, 0.2) is 27.6 Å². The van der Waals surface area contributed by atoms with Gasteiger partial charge in [-0.05, 0) is 43.7 Å². The minimum absolute atomic E-state index is 0. The number of hydrogen-bond acceptors (Lipinski definition) is 3. The predicted octanol–water partition coefficient (Wildman–Crippen LogP) is 1.81. The van der Waals surface area contributed by atoms with Gasteiger partial charge in [-0.1, -0.05) is 15.9 Å². The number of hydrogen-bond donors (Lipinski definition) is 2. The van der Waals surface area contributed by atoms with Gasteiger partial charge in [-0.3, -0.25) is 0 Å². The van der Waals surface area contributed by atoms with E-state index in [-0.39, 0.29) is 12.4 Å². The first-order chi connectivity index (χ1) is 7.47. The molecule has 0 aliphatic rings. The van der Waals surface area contributed by atoms with Gasteiger partial charge in [0.1, 0.15) is 0 Å². The summed E-state index contributed by atoms with van der Waals surface area (Å²) in [4.78, 5) is 0.313. The Labute approximate surface area is 117 Å². The fourth-order valence-electron chi connectivity index (χ4n) is 1.30. The highest BCUT2D eigenvalue weighted by Crippen LogP contribution is 2.19. The molecule has 0 heterocycles. The molecule has 98 valence electrons. The maximum absolute atomic E-state index is 11.9. The molecule has 0 radical (unpaired) electrons. The summed E-state index contributed by atoms with van der Waals surface area (Å²) in [7, 11) is -3.41. The number of halogens is 2. The van der Waals surface area contributed by atoms with Crippen LogP contribution in [-0.2, 0) is 10.0 Å². The Morgan fingerprint density at radius 2 is 2.06 bits per heavy atom. The monoisotopic (exact) mass is 342 g/mol. The van der Waals surface area contributed by atoms with Crippen LogP contribution in [0, 0.1) is 6.92 Å². The van der Waals surface area contributed by atoms with Gasteiger partial charge in [0, 0.05) is 11.0 Å². The lowest BCUT2D eigenvalue weighted by Gasteiger charge is -2.09. The van der Waals surface area contributed by atoms with E-state index in [0.717, 1.165) is 10.0 Å². The van der Waals surface area contributed by atoms with Crippen molar-refractivity contribution >= 4 is 38.4 Å². The molecule has 0 atom stereocenters. The molecular weight excluding hydrogens is 328 g/mol. The molecular formula is C10H16BrClN2O2S. The number of nitrogens with one attached hydrogen (secondary N) is 1. The van der Waals surface area contributed by atoms with Gasteiger partial charge in [-0.15, -0.1) is 12.4 Å². The van der Waals surface area contributed by atoms with Gasteiger partial charge >= 0.3 is 0 Å². The van der Waals surface area contributed by atoms with E-state index < -0.39 is 10.0 Å². The molecule has 3 N–H and O–H groups in total. The molecule has 0 unspecified atom stereocenters. The number of aryl methyl sites for hydroxylation is 1. The summed E-state index contributed by atoms with van der Waals surface area (Å²) in [5, 5.41) is 0. The minimum atomic E-state index is -3.41. The Morgan fingerprint density at radius 1 is 1.41 bits per heavy atom. The Balaban J connectivity index is 0.00000256. The van der Waals surface area contributed by atoms with E-state index in [4.69, 9.17) is 5.73 Å². The zero-order chi connectivity index (χ0) is 12.2. The third-order valence-electron chi connectivity index (χ3n) is 2.10. The summed E-state index contributed by atoms with van der Waals surface area (Å²) in [6.07, 6.45) is 0.634. The molecule has 0 saturated heterocycles. The van der Waals surface area contributed by atoms with Crippen molar-refractivity contribution < 1.29 is 8.42 Å². The Bertz CT molecular complexity index is 465. The van der Waals surface area contributed by atoms with Crippen molar-refractivity contribution in [2.45, 2.75) is 18.2 Å². The molecule has 0 aromatic heterocycles. The summed E-state index contributed by atoms with van der Waals surface area (Å²) in [6.45, 7) is 2.61. The molecule has 4 nitrogen and oxygen atoms in total. The molecule has 17 heavy (non-hydrogen) atoms. The highest BCUT2D eigenvalue weighted by Gasteiger charge is 2.15. The van der Waals surface area contributed by atoms with E-state index in [1.807, 2.05) is 0 Å². The highest BCUT2D eigenvalue weighted by atomic mass is 79.9. The summed E-state index contributed by atoms with van der Waals surface area (Å²) < 4.78 is 27.1. The van der Waals surface area contributed by atoms with Gasteiger partial charge < -0.3 is 5.73 Å². The summed E-state index contributed by atoms with van der Waals surface area (Å²) in [6, 6.07) is 5.08. The lowest BCUT2D eigenvalue weighted by molar-refractivity contribution is 0.579. The van der Waals surface area contributed by atoms with Gasteiger partial charge in [0.05, 0.1) is 4.90 Å². The van der Waals surface area contributed by atoms with Crippen LogP contribution in [0.3, 0.4) is 0 Å². The van der Waals surface area contributed by atoms with Crippen molar-refractivity contribution in [2.75, 3.05) is 13.1 Å². The lowest BCUT2D eigenvalue weighted by atomic mass is 10.2. The molecule has 0 bridgehead atoms. The van der Waals surface area contributed by atoms with E-state index in [9.17, 15) is 8.42 Å². The van der Waals surface area contributed by atoms with E-state index in [2.05, 4.69) is 20.7 Å². The summed E-state index contributed by atoms with van der Waals surface area (Å²) in [5.74, 6) is 0. The number of benzene rings is 1. The van der Waals surface area contributed by atoms with Gasteiger partial charge in [-0.25, -0.2) is 13.1 Å². The van der Waals surface area contributed by atoms with Gasteiger partial charge in [0.15, 0.2) is 0 Å². The van der Waals surface area contributed by atoms with Gasteiger partial charge in [0.25, 0.3) is 0 Å². The molecule has 0 fully saturated rings. The van der Waals surface area contributed by atoms with Crippen molar-refractivity contribution in [3.63, 3.8) is 0 Å². The average molecular weight is 344 g/mol. The molecule has 7 heteroatoms. The van der Waals surface area contributed by atoms with Gasteiger partial charge in [-0.2, -0.15) is 0 Å². The predicted molar refractivity (Wildman–Crippen MR) is 75.0 cm³/mol. The van der Waals surface area contributed by atoms with E-state index in [1.54, 1.807) is 25.1 Å². The Hall–Kier alpha value is -0.140. The van der Waals surface area contributed by atoms with Crippen molar-refractivity contribution in [1.82, 2.24) is 4.72 Å². The van der Waals surface area contributed by atoms with Crippen molar-refractivity contribution in [1.29, 1.82) is 0 Å². The molecule has 1 rings (SSSR count). The van der Waals surface area contributed by atoms with E-state index >= 15 is 0 Å². The van der Waals surface area contributed by atoms with Crippen LogP contribution >= 0.6 is 28.3 Å². The SMILES string of the molecule is Cc1cc(Br)ccc1S(=O)(=O)NCCCN.Cl. The van der Waals surface area contributed by atoms with Crippen LogP contribution in [0.4, 0.5) is 0 Å². The molecule has 0 aliphatic carbocycles. The summed E-state index contributed by atoms with van der Waals surface area (Å²) >= 11 is 3.30. The van der Waals surface area contributed by atoms with E-state index in [0.29, 0.717) is 24.4 Å². The normalized spacial score (nSPS) is 11.0. The van der Waals surface area contributed by atoms with E-state index in [1.165, 1.54) is 0 Å².